The molecular weight excluding hydrogens is 382 g/mol. The Kier molecular flexibility index (Phi) is 4.95. The van der Waals surface area contributed by atoms with Crippen molar-refractivity contribution in [2.45, 2.75) is 13.5 Å². The molecule has 0 fully saturated rings. The second-order valence-corrected chi connectivity index (χ2v) is 5.88. The maximum absolute atomic E-state index is 12.8. The van der Waals surface area contributed by atoms with Gasteiger partial charge >= 0.3 is 6.61 Å². The Morgan fingerprint density at radius 2 is 2.26 bits per heavy atom. The van der Waals surface area contributed by atoms with Crippen LogP contribution in [0.3, 0.4) is 0 Å². The number of allylic oxidation sites excluding steroid dienone is 2. The third-order valence-electron chi connectivity index (χ3n) is 3.64. The molecule has 3 aromatic rings. The van der Waals surface area contributed by atoms with Gasteiger partial charge in [0.05, 0.1) is 27.9 Å². The van der Waals surface area contributed by atoms with Gasteiger partial charge in [-0.25, -0.2) is 10.1 Å². The molecule has 0 unspecified atom stereocenters. The van der Waals surface area contributed by atoms with Gasteiger partial charge in [0.1, 0.15) is 0 Å². The van der Waals surface area contributed by atoms with Gasteiger partial charge in [-0.15, -0.1) is 0 Å². The first kappa shape index (κ1) is 18.6. The van der Waals surface area contributed by atoms with Crippen LogP contribution in [0.2, 0.25) is 0 Å². The molecule has 0 aliphatic heterocycles. The van der Waals surface area contributed by atoms with Gasteiger partial charge in [-0.3, -0.25) is 4.79 Å². The van der Waals surface area contributed by atoms with E-state index in [0.29, 0.717) is 11.0 Å². The molecule has 2 heterocycles. The average Bonchev–Trinajstić information content (AvgIpc) is 3.20. The van der Waals surface area contributed by atoms with Gasteiger partial charge in [0.15, 0.2) is 11.3 Å². The number of carbonyl (C=O) groups is 1. The number of aromatic nitrogens is 2. The molecule has 2 aromatic heterocycles. The highest BCUT2D eigenvalue weighted by Crippen LogP contribution is 2.37. The van der Waals surface area contributed by atoms with Crippen molar-refractivity contribution in [3.05, 3.63) is 47.3 Å². The smallest absolute Gasteiger partial charge is 0.387 e. The SMILES string of the molecule is C=C(C)C(=NC(=O)c1ccc(OC(F)F)c2oc3[nH]ncc3c12)/C(Cl)=C/N. The zero-order valence-electron chi connectivity index (χ0n) is 13.9. The Morgan fingerprint density at radius 3 is 2.89 bits per heavy atom. The molecule has 3 N–H and O–H groups in total. The lowest BCUT2D eigenvalue weighted by Gasteiger charge is -2.08. The highest BCUT2D eigenvalue weighted by atomic mass is 35.5. The molecule has 0 bridgehead atoms. The summed E-state index contributed by atoms with van der Waals surface area (Å²) in [6.45, 7) is 2.26. The fourth-order valence-corrected chi connectivity index (χ4v) is 2.73. The summed E-state index contributed by atoms with van der Waals surface area (Å²) in [5.41, 5.74) is 6.17. The average molecular weight is 395 g/mol. The van der Waals surface area contributed by atoms with Crippen molar-refractivity contribution in [1.29, 1.82) is 0 Å². The summed E-state index contributed by atoms with van der Waals surface area (Å²) >= 11 is 5.97. The molecule has 0 aliphatic carbocycles. The molecule has 0 saturated heterocycles. The summed E-state index contributed by atoms with van der Waals surface area (Å²) in [5.74, 6) is -0.907. The number of furan rings is 1. The molecule has 0 spiro atoms. The first-order chi connectivity index (χ1) is 12.8. The van der Waals surface area contributed by atoms with Crippen molar-refractivity contribution in [2.75, 3.05) is 0 Å². The van der Waals surface area contributed by atoms with Crippen molar-refractivity contribution in [3.8, 4) is 5.75 Å². The summed E-state index contributed by atoms with van der Waals surface area (Å²) < 4.78 is 35.3. The molecule has 0 aliphatic rings. The molecule has 7 nitrogen and oxygen atoms in total. The number of alkyl halides is 2. The van der Waals surface area contributed by atoms with Crippen LogP contribution in [0.5, 0.6) is 5.75 Å². The predicted molar refractivity (Wildman–Crippen MR) is 97.2 cm³/mol. The van der Waals surface area contributed by atoms with E-state index in [4.69, 9.17) is 21.8 Å². The zero-order valence-corrected chi connectivity index (χ0v) is 14.7. The molecule has 10 heteroatoms. The van der Waals surface area contributed by atoms with E-state index in [0.717, 1.165) is 6.20 Å². The van der Waals surface area contributed by atoms with Crippen LogP contribution in [0.4, 0.5) is 8.78 Å². The summed E-state index contributed by atoms with van der Waals surface area (Å²) in [6, 6.07) is 2.51. The molecule has 140 valence electrons. The van der Waals surface area contributed by atoms with Crippen LogP contribution in [0, 0.1) is 0 Å². The number of benzene rings is 1. The van der Waals surface area contributed by atoms with Gasteiger partial charge in [0, 0.05) is 11.6 Å². The number of aromatic amines is 1. The van der Waals surface area contributed by atoms with E-state index in [1.165, 1.54) is 18.3 Å². The van der Waals surface area contributed by atoms with E-state index in [1.54, 1.807) is 6.92 Å². The quantitative estimate of drug-likeness (QED) is 0.633. The number of amides is 1. The Hall–Kier alpha value is -3.20. The third-order valence-corrected chi connectivity index (χ3v) is 3.94. The topological polar surface area (TPSA) is 106 Å². The number of nitrogens with one attached hydrogen (secondary N) is 1. The first-order valence-corrected chi connectivity index (χ1v) is 7.91. The largest absolute Gasteiger partial charge is 0.434 e. The normalized spacial score (nSPS) is 12.9. The number of ether oxygens (including phenoxy) is 1. The number of hydrogen-bond donors (Lipinski definition) is 2. The Labute approximate surface area is 156 Å². The first-order valence-electron chi connectivity index (χ1n) is 7.53. The fraction of sp³-hybridized carbons (Fsp3) is 0.118. The maximum Gasteiger partial charge on any atom is 0.387 e. The van der Waals surface area contributed by atoms with Crippen LogP contribution in [0.25, 0.3) is 22.1 Å². The van der Waals surface area contributed by atoms with Crippen LogP contribution < -0.4 is 10.5 Å². The Bertz CT molecular complexity index is 1110. The lowest BCUT2D eigenvalue weighted by Crippen LogP contribution is -2.08. The number of fused-ring (bicyclic) bond motifs is 3. The van der Waals surface area contributed by atoms with Crippen LogP contribution in [-0.4, -0.2) is 28.4 Å². The fourth-order valence-electron chi connectivity index (χ4n) is 2.52. The number of nitrogens with zero attached hydrogens (tertiary/aromatic N) is 2. The van der Waals surface area contributed by atoms with E-state index in [-0.39, 0.29) is 38.7 Å². The lowest BCUT2D eigenvalue weighted by molar-refractivity contribution is -0.0493. The van der Waals surface area contributed by atoms with E-state index in [1.807, 2.05) is 0 Å². The molecule has 1 aromatic carbocycles. The maximum atomic E-state index is 12.8. The third kappa shape index (κ3) is 3.41. The van der Waals surface area contributed by atoms with Crippen molar-refractivity contribution >= 4 is 45.3 Å². The van der Waals surface area contributed by atoms with Crippen molar-refractivity contribution in [3.63, 3.8) is 0 Å². The Morgan fingerprint density at radius 1 is 1.52 bits per heavy atom. The van der Waals surface area contributed by atoms with Crippen LogP contribution in [0.1, 0.15) is 17.3 Å². The van der Waals surface area contributed by atoms with E-state index < -0.39 is 12.5 Å². The second-order valence-electron chi connectivity index (χ2n) is 5.47. The molecule has 3 rings (SSSR count). The van der Waals surface area contributed by atoms with Crippen molar-refractivity contribution < 1.29 is 22.7 Å². The summed E-state index contributed by atoms with van der Waals surface area (Å²) in [6.07, 6.45) is 2.49. The number of aliphatic imine (C=N–C) groups is 1. The standard InChI is InChI=1S/C17H13ClF2N4O3/c1-7(2)13(10(18)5-21)23-15(25)8-3-4-11(26-17(19)20)14-12(8)9-6-22-24-16(9)27-14/h3-6,17H,1,21H2,2H3,(H,22,24)/b10-5-,23-13?. The van der Waals surface area contributed by atoms with E-state index in [9.17, 15) is 13.6 Å². The minimum absolute atomic E-state index is 0.0302. The van der Waals surface area contributed by atoms with E-state index >= 15 is 0 Å². The van der Waals surface area contributed by atoms with Gasteiger partial charge < -0.3 is 14.9 Å². The molecule has 0 atom stereocenters. The van der Waals surface area contributed by atoms with Crippen LogP contribution in [0.15, 0.2) is 51.1 Å². The van der Waals surface area contributed by atoms with Gasteiger partial charge in [0.25, 0.3) is 5.91 Å². The van der Waals surface area contributed by atoms with Crippen molar-refractivity contribution in [2.24, 2.45) is 10.7 Å². The Balaban J connectivity index is 2.22. The monoisotopic (exact) mass is 394 g/mol. The van der Waals surface area contributed by atoms with Gasteiger partial charge in [0.2, 0.25) is 5.71 Å². The van der Waals surface area contributed by atoms with Gasteiger partial charge in [-0.1, -0.05) is 18.2 Å². The predicted octanol–water partition coefficient (Wildman–Crippen LogP) is 4.11. The van der Waals surface area contributed by atoms with E-state index in [2.05, 4.69) is 26.5 Å². The second kappa shape index (κ2) is 7.20. The minimum atomic E-state index is -3.06. The number of nitrogens with two attached hydrogens (primary N) is 1. The van der Waals surface area contributed by atoms with Crippen molar-refractivity contribution in [1.82, 2.24) is 10.2 Å². The lowest BCUT2D eigenvalue weighted by atomic mass is 10.1. The highest BCUT2D eigenvalue weighted by molar-refractivity contribution is 6.47. The summed E-state index contributed by atoms with van der Waals surface area (Å²) in [4.78, 5) is 16.7. The van der Waals surface area contributed by atoms with Crippen LogP contribution in [-0.2, 0) is 0 Å². The summed E-state index contributed by atoms with van der Waals surface area (Å²) in [7, 11) is 0. The molecule has 1 amide bonds. The number of halogens is 3. The molecule has 0 saturated carbocycles. The van der Waals surface area contributed by atoms with Crippen LogP contribution >= 0.6 is 11.6 Å². The number of hydrogen-bond acceptors (Lipinski definition) is 5. The number of rotatable bonds is 5. The highest BCUT2D eigenvalue weighted by Gasteiger charge is 2.22. The molecule has 27 heavy (non-hydrogen) atoms. The van der Waals surface area contributed by atoms with Gasteiger partial charge in [-0.05, 0) is 24.6 Å². The molecular formula is C17H13ClF2N4O3. The zero-order chi connectivity index (χ0) is 19.7. The summed E-state index contributed by atoms with van der Waals surface area (Å²) in [5, 5.41) is 7.09. The van der Waals surface area contributed by atoms with Gasteiger partial charge in [-0.2, -0.15) is 13.9 Å². The number of H-pyrrole nitrogens is 1. The minimum Gasteiger partial charge on any atom is -0.434 e. The number of carbonyl (C=O) groups excluding carboxylic acids is 1. The molecule has 0 radical (unpaired) electrons.